The Hall–Kier alpha value is -1.59. The van der Waals surface area contributed by atoms with E-state index in [-0.39, 0.29) is 5.95 Å². The molecule has 6 nitrogen and oxygen atoms in total. The summed E-state index contributed by atoms with van der Waals surface area (Å²) >= 11 is 0. The fourth-order valence-electron chi connectivity index (χ4n) is 1.69. The van der Waals surface area contributed by atoms with Gasteiger partial charge in [-0.05, 0) is 24.2 Å². The molecule has 1 aliphatic heterocycles. The van der Waals surface area contributed by atoms with E-state index in [1.54, 1.807) is 0 Å². The van der Waals surface area contributed by atoms with Gasteiger partial charge in [-0.3, -0.25) is 0 Å². The minimum absolute atomic E-state index is 0.175. The predicted molar refractivity (Wildman–Crippen MR) is 51.3 cm³/mol. The molecule has 0 unspecified atom stereocenters. The van der Waals surface area contributed by atoms with Crippen molar-refractivity contribution in [1.29, 1.82) is 0 Å². The molecule has 1 aromatic rings. The number of anilines is 1. The highest BCUT2D eigenvalue weighted by molar-refractivity contribution is 5.39. The molecule has 1 aliphatic rings. The lowest BCUT2D eigenvalue weighted by atomic mass is 10.1. The van der Waals surface area contributed by atoms with Gasteiger partial charge in [0.15, 0.2) is 6.20 Å². The third-order valence-electron chi connectivity index (χ3n) is 2.42. The summed E-state index contributed by atoms with van der Waals surface area (Å²) in [7, 11) is 0. The van der Waals surface area contributed by atoms with Gasteiger partial charge in [-0.1, -0.05) is 4.98 Å². The average molecular weight is 196 g/mol. The summed E-state index contributed by atoms with van der Waals surface area (Å²) in [6.07, 6.45) is 5.07. The SMILES string of the molecule is O=[N+]([O-])c1ncc(N2CCCCC2)[nH]1. The van der Waals surface area contributed by atoms with Crippen LogP contribution in [0.15, 0.2) is 6.20 Å². The zero-order chi connectivity index (χ0) is 9.97. The van der Waals surface area contributed by atoms with Gasteiger partial charge in [0, 0.05) is 13.1 Å². The molecule has 2 rings (SSSR count). The Balaban J connectivity index is 2.11. The van der Waals surface area contributed by atoms with E-state index in [2.05, 4.69) is 14.9 Å². The van der Waals surface area contributed by atoms with Crippen molar-refractivity contribution in [3.63, 3.8) is 0 Å². The van der Waals surface area contributed by atoms with Gasteiger partial charge in [-0.2, -0.15) is 0 Å². The highest BCUT2D eigenvalue weighted by atomic mass is 16.6. The van der Waals surface area contributed by atoms with Gasteiger partial charge in [0.2, 0.25) is 5.82 Å². The molecule has 0 aliphatic carbocycles. The van der Waals surface area contributed by atoms with Crippen LogP contribution in [-0.4, -0.2) is 28.0 Å². The molecule has 0 spiro atoms. The lowest BCUT2D eigenvalue weighted by Crippen LogP contribution is -2.29. The van der Waals surface area contributed by atoms with Gasteiger partial charge in [0.25, 0.3) is 0 Å². The fraction of sp³-hybridized carbons (Fsp3) is 0.625. The molecule has 76 valence electrons. The summed E-state index contributed by atoms with van der Waals surface area (Å²) in [4.78, 5) is 18.4. The molecule has 0 bridgehead atoms. The van der Waals surface area contributed by atoms with Crippen LogP contribution in [0, 0.1) is 10.1 Å². The summed E-state index contributed by atoms with van der Waals surface area (Å²) in [5.41, 5.74) is 0. The molecule has 1 aromatic heterocycles. The maximum atomic E-state index is 10.4. The number of nitrogens with one attached hydrogen (secondary N) is 1. The van der Waals surface area contributed by atoms with Gasteiger partial charge < -0.3 is 15.0 Å². The van der Waals surface area contributed by atoms with Crippen molar-refractivity contribution in [2.24, 2.45) is 0 Å². The number of aromatic nitrogens is 2. The Morgan fingerprint density at radius 1 is 1.43 bits per heavy atom. The standard InChI is InChI=1S/C8H12N4O2/c13-12(14)8-9-6-7(10-8)11-4-2-1-3-5-11/h6H,1-5H2,(H,9,10). The number of nitrogens with zero attached hydrogens (tertiary/aromatic N) is 3. The van der Waals surface area contributed by atoms with E-state index in [4.69, 9.17) is 0 Å². The van der Waals surface area contributed by atoms with E-state index in [9.17, 15) is 10.1 Å². The van der Waals surface area contributed by atoms with E-state index in [0.717, 1.165) is 31.7 Å². The number of hydrogen-bond acceptors (Lipinski definition) is 4. The lowest BCUT2D eigenvalue weighted by molar-refractivity contribution is -0.393. The molecule has 1 fully saturated rings. The van der Waals surface area contributed by atoms with Gasteiger partial charge >= 0.3 is 5.95 Å². The first-order valence-corrected chi connectivity index (χ1v) is 4.72. The second kappa shape index (κ2) is 3.65. The van der Waals surface area contributed by atoms with Gasteiger partial charge in [-0.25, -0.2) is 4.98 Å². The molecule has 0 aromatic carbocycles. The summed E-state index contributed by atoms with van der Waals surface area (Å²) in [5, 5.41) is 10.4. The van der Waals surface area contributed by atoms with Crippen LogP contribution in [0.25, 0.3) is 0 Å². The number of aromatic amines is 1. The van der Waals surface area contributed by atoms with Crippen molar-refractivity contribution in [2.45, 2.75) is 19.3 Å². The second-order valence-corrected chi connectivity index (χ2v) is 3.40. The van der Waals surface area contributed by atoms with Crippen LogP contribution in [0.5, 0.6) is 0 Å². The van der Waals surface area contributed by atoms with Gasteiger partial charge in [0.05, 0.1) is 0 Å². The molecule has 0 radical (unpaired) electrons. The first kappa shape index (κ1) is 8.98. The van der Waals surface area contributed by atoms with Crippen LogP contribution in [0.1, 0.15) is 19.3 Å². The molecule has 0 saturated carbocycles. The molecular weight excluding hydrogens is 184 g/mol. The molecule has 0 amide bonds. The molecule has 6 heteroatoms. The Kier molecular flexibility index (Phi) is 2.34. The van der Waals surface area contributed by atoms with Crippen molar-refractivity contribution in [3.8, 4) is 0 Å². The first-order valence-electron chi connectivity index (χ1n) is 4.72. The largest absolute Gasteiger partial charge is 0.433 e. The van der Waals surface area contributed by atoms with Crippen molar-refractivity contribution in [3.05, 3.63) is 16.3 Å². The summed E-state index contributed by atoms with van der Waals surface area (Å²) in [6.45, 7) is 1.92. The molecule has 1 N–H and O–H groups in total. The number of H-pyrrole nitrogens is 1. The van der Waals surface area contributed by atoms with Crippen LogP contribution >= 0.6 is 0 Å². The Labute approximate surface area is 81.1 Å². The quantitative estimate of drug-likeness (QED) is 0.571. The second-order valence-electron chi connectivity index (χ2n) is 3.40. The number of piperidine rings is 1. The van der Waals surface area contributed by atoms with Crippen molar-refractivity contribution >= 4 is 11.8 Å². The van der Waals surface area contributed by atoms with Crippen LogP contribution in [0.3, 0.4) is 0 Å². The van der Waals surface area contributed by atoms with Crippen molar-refractivity contribution in [1.82, 2.24) is 9.97 Å². The number of imidazole rings is 1. The van der Waals surface area contributed by atoms with Crippen LogP contribution in [0.2, 0.25) is 0 Å². The van der Waals surface area contributed by atoms with Crippen LogP contribution in [0.4, 0.5) is 11.8 Å². The highest BCUT2D eigenvalue weighted by Crippen LogP contribution is 2.19. The first-order chi connectivity index (χ1) is 6.77. The maximum Gasteiger partial charge on any atom is 0.433 e. The van der Waals surface area contributed by atoms with E-state index in [1.165, 1.54) is 12.6 Å². The van der Waals surface area contributed by atoms with E-state index in [1.807, 2.05) is 0 Å². The Morgan fingerprint density at radius 3 is 2.71 bits per heavy atom. The van der Waals surface area contributed by atoms with E-state index in [0.29, 0.717) is 0 Å². The number of nitro groups is 1. The summed E-state index contributed by atoms with van der Waals surface area (Å²) in [6, 6.07) is 0. The molecule has 1 saturated heterocycles. The predicted octanol–water partition coefficient (Wildman–Crippen LogP) is 1.31. The summed E-state index contributed by atoms with van der Waals surface area (Å²) < 4.78 is 0. The third kappa shape index (κ3) is 1.68. The third-order valence-corrected chi connectivity index (χ3v) is 2.42. The summed E-state index contributed by atoms with van der Waals surface area (Å²) in [5.74, 6) is 0.585. The maximum absolute atomic E-state index is 10.4. The van der Waals surface area contributed by atoms with Crippen molar-refractivity contribution < 1.29 is 4.92 Å². The molecule has 2 heterocycles. The Bertz CT molecular complexity index is 330. The smallest absolute Gasteiger partial charge is 0.390 e. The average Bonchev–Trinajstić information content (AvgIpc) is 2.68. The minimum Gasteiger partial charge on any atom is -0.390 e. The van der Waals surface area contributed by atoms with Gasteiger partial charge in [0.1, 0.15) is 0 Å². The van der Waals surface area contributed by atoms with E-state index < -0.39 is 4.92 Å². The number of hydrogen-bond donors (Lipinski definition) is 1. The normalized spacial score (nSPS) is 17.0. The monoisotopic (exact) mass is 196 g/mol. The van der Waals surface area contributed by atoms with E-state index >= 15 is 0 Å². The minimum atomic E-state index is -0.507. The fourth-order valence-corrected chi connectivity index (χ4v) is 1.69. The highest BCUT2D eigenvalue weighted by Gasteiger charge is 2.18. The molecule has 0 atom stereocenters. The Morgan fingerprint density at radius 2 is 2.14 bits per heavy atom. The number of rotatable bonds is 2. The zero-order valence-electron chi connectivity index (χ0n) is 7.77. The zero-order valence-corrected chi connectivity index (χ0v) is 7.77. The molecular formula is C8H12N4O2. The van der Waals surface area contributed by atoms with Crippen LogP contribution in [-0.2, 0) is 0 Å². The molecule has 14 heavy (non-hydrogen) atoms. The topological polar surface area (TPSA) is 75.1 Å². The van der Waals surface area contributed by atoms with Crippen LogP contribution < -0.4 is 4.90 Å². The van der Waals surface area contributed by atoms with Gasteiger partial charge in [-0.15, -0.1) is 0 Å². The van der Waals surface area contributed by atoms with Crippen molar-refractivity contribution in [2.75, 3.05) is 18.0 Å². The lowest BCUT2D eigenvalue weighted by Gasteiger charge is -2.24.